The highest BCUT2D eigenvalue weighted by atomic mass is 35.5. The molecule has 1 aliphatic heterocycles. The summed E-state index contributed by atoms with van der Waals surface area (Å²) in [6.07, 6.45) is 5.28. The number of aliphatic imine (C=N–C) groups is 1. The lowest BCUT2D eigenvalue weighted by molar-refractivity contribution is 0.181. The second-order valence-electron chi connectivity index (χ2n) is 8.19. The Labute approximate surface area is 198 Å². The van der Waals surface area contributed by atoms with Crippen LogP contribution in [0.3, 0.4) is 0 Å². The number of benzene rings is 2. The van der Waals surface area contributed by atoms with Gasteiger partial charge in [-0.25, -0.2) is 0 Å². The molecule has 1 aliphatic carbocycles. The molecule has 0 radical (unpaired) electrons. The first-order chi connectivity index (χ1) is 15.1. The van der Waals surface area contributed by atoms with Crippen LogP contribution in [0, 0.1) is 0 Å². The molecule has 1 heterocycles. The molecule has 2 aliphatic rings. The van der Waals surface area contributed by atoms with Gasteiger partial charge in [-0.05, 0) is 49.4 Å². The van der Waals surface area contributed by atoms with Gasteiger partial charge in [-0.3, -0.25) is 9.89 Å². The first kappa shape index (κ1) is 24.0. The topological polar surface area (TPSA) is 15.6 Å². The Morgan fingerprint density at radius 2 is 1.77 bits per heavy atom. The van der Waals surface area contributed by atoms with Gasteiger partial charge in [-0.15, -0.1) is 0 Å². The minimum atomic E-state index is 0.509. The maximum absolute atomic E-state index is 6.49. The van der Waals surface area contributed by atoms with Crippen molar-refractivity contribution in [2.45, 2.75) is 78.9 Å². The third-order valence-electron chi connectivity index (χ3n) is 6.18. The largest absolute Gasteiger partial charge is 0.291 e. The van der Waals surface area contributed by atoms with Gasteiger partial charge in [0.05, 0.1) is 0 Å². The zero-order chi connectivity index (χ0) is 22.4. The maximum atomic E-state index is 6.49. The average Bonchev–Trinajstić information content (AvgIpc) is 3.22. The van der Waals surface area contributed by atoms with E-state index in [-0.39, 0.29) is 0 Å². The van der Waals surface area contributed by atoms with E-state index in [1.165, 1.54) is 28.8 Å². The highest BCUT2D eigenvalue weighted by Gasteiger charge is 2.30. The lowest BCUT2D eigenvalue weighted by Gasteiger charge is -2.32. The fraction of sp³-hybridized carbons (Fsp3) is 0.444. The molecule has 0 fully saturated rings. The number of hydrogen-bond acceptors (Lipinski definition) is 2. The summed E-state index contributed by atoms with van der Waals surface area (Å²) in [5.41, 5.74) is 7.51. The molecular weight excluding hydrogens is 423 g/mol. The van der Waals surface area contributed by atoms with Crippen LogP contribution in [0.1, 0.15) is 76.5 Å². The third kappa shape index (κ3) is 5.61. The molecule has 0 amide bonds. The average molecular weight is 457 g/mol. The van der Waals surface area contributed by atoms with Crippen molar-refractivity contribution in [2.75, 3.05) is 0 Å². The number of nitrogens with zero attached hydrogens (tertiary/aromatic N) is 2. The minimum Gasteiger partial charge on any atom is -0.291 e. The van der Waals surface area contributed by atoms with E-state index in [1.807, 2.05) is 38.1 Å². The quantitative estimate of drug-likeness (QED) is 0.411. The van der Waals surface area contributed by atoms with Crippen molar-refractivity contribution in [2.24, 2.45) is 4.99 Å². The van der Waals surface area contributed by atoms with Gasteiger partial charge in [-0.1, -0.05) is 86.3 Å². The lowest BCUT2D eigenvalue weighted by atomic mass is 9.92. The summed E-state index contributed by atoms with van der Waals surface area (Å²) in [5.74, 6) is 0. The Bertz CT molecular complexity index is 961. The molecule has 0 N–H and O–H groups in total. The highest BCUT2D eigenvalue weighted by Crippen LogP contribution is 2.36. The molecule has 0 saturated heterocycles. The normalized spacial score (nSPS) is 19.2. The van der Waals surface area contributed by atoms with Gasteiger partial charge < -0.3 is 0 Å². The molecule has 0 aromatic heterocycles. The Morgan fingerprint density at radius 1 is 1.03 bits per heavy atom. The number of halogens is 2. The fourth-order valence-corrected chi connectivity index (χ4v) is 4.99. The molecule has 0 saturated carbocycles. The first-order valence-electron chi connectivity index (χ1n) is 11.6. The third-order valence-corrected chi connectivity index (χ3v) is 6.87. The monoisotopic (exact) mass is 456 g/mol. The highest BCUT2D eigenvalue weighted by molar-refractivity contribution is 6.34. The van der Waals surface area contributed by atoms with Crippen molar-refractivity contribution in [3.63, 3.8) is 0 Å². The molecule has 2 aromatic carbocycles. The van der Waals surface area contributed by atoms with Crippen molar-refractivity contribution < 1.29 is 0 Å². The number of rotatable bonds is 5. The smallest absolute Gasteiger partial charge is 0.0496 e. The van der Waals surface area contributed by atoms with Crippen molar-refractivity contribution >= 4 is 28.9 Å². The molecule has 2 aromatic rings. The van der Waals surface area contributed by atoms with Crippen molar-refractivity contribution in [3.05, 3.63) is 80.5 Å². The van der Waals surface area contributed by atoms with Crippen LogP contribution in [0.15, 0.2) is 58.7 Å². The van der Waals surface area contributed by atoms with E-state index in [0.717, 1.165) is 60.1 Å². The molecule has 1 unspecified atom stereocenters. The van der Waals surface area contributed by atoms with Gasteiger partial charge in [0.1, 0.15) is 0 Å². The van der Waals surface area contributed by atoms with Crippen LogP contribution in [0.5, 0.6) is 0 Å². The SMILES string of the molecule is CC.CCCC(=NC1=C(C)CCC(N2Cc3cccc(Cl)c3C2)C1)c1ccccc1Cl. The maximum Gasteiger partial charge on any atom is 0.0496 e. The Balaban J connectivity index is 0.00000132. The van der Waals surface area contributed by atoms with Gasteiger partial charge >= 0.3 is 0 Å². The van der Waals surface area contributed by atoms with Crippen LogP contribution >= 0.6 is 23.2 Å². The number of fused-ring (bicyclic) bond motifs is 1. The van der Waals surface area contributed by atoms with E-state index >= 15 is 0 Å². The van der Waals surface area contributed by atoms with Crippen LogP contribution < -0.4 is 0 Å². The van der Waals surface area contributed by atoms with Gasteiger partial charge in [0.2, 0.25) is 0 Å². The number of allylic oxidation sites excluding steroid dienone is 1. The van der Waals surface area contributed by atoms with Gasteiger partial charge in [0.25, 0.3) is 0 Å². The zero-order valence-corrected chi connectivity index (χ0v) is 20.7. The van der Waals surface area contributed by atoms with Gasteiger partial charge in [0.15, 0.2) is 0 Å². The summed E-state index contributed by atoms with van der Waals surface area (Å²) in [5, 5.41) is 1.68. The minimum absolute atomic E-state index is 0.509. The summed E-state index contributed by atoms with van der Waals surface area (Å²) in [7, 11) is 0. The molecule has 4 heteroatoms. The van der Waals surface area contributed by atoms with Crippen molar-refractivity contribution in [3.8, 4) is 0 Å². The van der Waals surface area contributed by atoms with E-state index in [2.05, 4.69) is 36.9 Å². The Hall–Kier alpha value is -1.61. The first-order valence-corrected chi connectivity index (χ1v) is 12.3. The molecule has 1 atom stereocenters. The lowest BCUT2D eigenvalue weighted by Crippen LogP contribution is -2.33. The molecule has 2 nitrogen and oxygen atoms in total. The summed E-state index contributed by atoms with van der Waals surface area (Å²) < 4.78 is 0. The molecule has 0 spiro atoms. The summed E-state index contributed by atoms with van der Waals surface area (Å²) >= 11 is 12.9. The molecule has 4 rings (SSSR count). The molecular formula is C27H34Cl2N2. The van der Waals surface area contributed by atoms with Crippen LogP contribution in [0.2, 0.25) is 10.0 Å². The van der Waals surface area contributed by atoms with Gasteiger partial charge in [0, 0.05) is 52.6 Å². The molecule has 166 valence electrons. The molecule has 31 heavy (non-hydrogen) atoms. The van der Waals surface area contributed by atoms with E-state index in [4.69, 9.17) is 28.2 Å². The Kier molecular flexibility index (Phi) is 8.77. The fourth-order valence-electron chi connectivity index (χ4n) is 4.49. The van der Waals surface area contributed by atoms with Crippen LogP contribution in [0.4, 0.5) is 0 Å². The van der Waals surface area contributed by atoms with Crippen molar-refractivity contribution in [1.29, 1.82) is 0 Å². The van der Waals surface area contributed by atoms with Crippen LogP contribution in [-0.4, -0.2) is 16.7 Å². The van der Waals surface area contributed by atoms with Crippen LogP contribution in [-0.2, 0) is 13.1 Å². The molecule has 0 bridgehead atoms. The second kappa shape index (κ2) is 11.3. The van der Waals surface area contributed by atoms with Crippen molar-refractivity contribution in [1.82, 2.24) is 4.90 Å². The zero-order valence-electron chi connectivity index (χ0n) is 19.2. The van der Waals surface area contributed by atoms with E-state index in [9.17, 15) is 0 Å². The predicted molar refractivity (Wildman–Crippen MR) is 135 cm³/mol. The predicted octanol–water partition coefficient (Wildman–Crippen LogP) is 8.45. The number of hydrogen-bond donors (Lipinski definition) is 0. The summed E-state index contributed by atoms with van der Waals surface area (Å²) in [6.45, 7) is 10.4. The second-order valence-corrected chi connectivity index (χ2v) is 9.01. The van der Waals surface area contributed by atoms with E-state index in [1.54, 1.807) is 0 Å². The van der Waals surface area contributed by atoms with Gasteiger partial charge in [-0.2, -0.15) is 0 Å². The van der Waals surface area contributed by atoms with E-state index in [0.29, 0.717) is 6.04 Å². The standard InChI is InChI=1S/C25H28Cl2N2.C2H6/c1-3-7-24(20-9-4-5-10-22(20)26)28-25-14-19(13-12-17(25)2)29-15-18-8-6-11-23(27)21(18)16-29;1-2/h4-6,8-11,19H,3,7,12-16H2,1-2H3;1-2H3. The van der Waals surface area contributed by atoms with E-state index < -0.39 is 0 Å². The van der Waals surface area contributed by atoms with Crippen LogP contribution in [0.25, 0.3) is 0 Å². The Morgan fingerprint density at radius 3 is 2.48 bits per heavy atom. The summed E-state index contributed by atoms with van der Waals surface area (Å²) in [4.78, 5) is 7.76. The summed E-state index contributed by atoms with van der Waals surface area (Å²) in [6, 6.07) is 14.9.